The Labute approximate surface area is 121 Å². The largest absolute Gasteiger partial charge is 0.479 e. The standard InChI is InChI=1S/C15H13ClFNO2/c1-10(20-14-5-3-2-4-13(14)16)15(19)18-12-8-6-11(17)7-9-12/h2-10H,1H3,(H,18,19). The summed E-state index contributed by atoms with van der Waals surface area (Å²) in [6.45, 7) is 1.61. The molecule has 2 aromatic rings. The number of amides is 1. The minimum Gasteiger partial charge on any atom is -0.479 e. The summed E-state index contributed by atoms with van der Waals surface area (Å²) in [6.07, 6.45) is -0.722. The van der Waals surface area contributed by atoms with E-state index in [0.717, 1.165) is 0 Å². The Balaban J connectivity index is 1.99. The van der Waals surface area contributed by atoms with E-state index >= 15 is 0 Å². The van der Waals surface area contributed by atoms with Crippen LogP contribution in [-0.2, 0) is 4.79 Å². The van der Waals surface area contributed by atoms with Gasteiger partial charge >= 0.3 is 0 Å². The SMILES string of the molecule is CC(Oc1ccccc1Cl)C(=O)Nc1ccc(F)cc1. The second-order valence-electron chi connectivity index (χ2n) is 4.19. The van der Waals surface area contributed by atoms with E-state index in [1.807, 2.05) is 0 Å². The lowest BCUT2D eigenvalue weighted by Gasteiger charge is -2.15. The van der Waals surface area contributed by atoms with E-state index in [2.05, 4.69) is 5.32 Å². The fourth-order valence-corrected chi connectivity index (χ4v) is 1.74. The zero-order valence-corrected chi connectivity index (χ0v) is 11.5. The summed E-state index contributed by atoms with van der Waals surface area (Å²) in [5, 5.41) is 3.07. The van der Waals surface area contributed by atoms with Crippen LogP contribution in [0.5, 0.6) is 5.75 Å². The number of rotatable bonds is 4. The maximum Gasteiger partial charge on any atom is 0.265 e. The zero-order chi connectivity index (χ0) is 14.5. The van der Waals surface area contributed by atoms with Gasteiger partial charge in [-0.05, 0) is 43.3 Å². The quantitative estimate of drug-likeness (QED) is 0.929. The van der Waals surface area contributed by atoms with Gasteiger partial charge in [0, 0.05) is 5.69 Å². The van der Waals surface area contributed by atoms with Gasteiger partial charge in [0.1, 0.15) is 11.6 Å². The molecule has 1 atom stereocenters. The highest BCUT2D eigenvalue weighted by Crippen LogP contribution is 2.24. The van der Waals surface area contributed by atoms with Crippen molar-refractivity contribution in [2.24, 2.45) is 0 Å². The molecule has 5 heteroatoms. The topological polar surface area (TPSA) is 38.3 Å². The maximum absolute atomic E-state index is 12.8. The second kappa shape index (κ2) is 6.39. The van der Waals surface area contributed by atoms with E-state index in [4.69, 9.17) is 16.3 Å². The summed E-state index contributed by atoms with van der Waals surface area (Å²) in [5.41, 5.74) is 0.506. The molecular formula is C15H13ClFNO2. The first-order valence-electron chi connectivity index (χ1n) is 6.04. The van der Waals surface area contributed by atoms with Crippen molar-refractivity contribution in [2.45, 2.75) is 13.0 Å². The van der Waals surface area contributed by atoms with Crippen LogP contribution in [0, 0.1) is 5.82 Å². The Kier molecular flexibility index (Phi) is 4.58. The van der Waals surface area contributed by atoms with Gasteiger partial charge in [0.15, 0.2) is 6.10 Å². The number of hydrogen-bond acceptors (Lipinski definition) is 2. The van der Waals surface area contributed by atoms with E-state index in [1.165, 1.54) is 24.3 Å². The van der Waals surface area contributed by atoms with Crippen LogP contribution in [-0.4, -0.2) is 12.0 Å². The lowest BCUT2D eigenvalue weighted by atomic mass is 10.3. The Morgan fingerprint density at radius 1 is 1.20 bits per heavy atom. The fourth-order valence-electron chi connectivity index (χ4n) is 1.56. The van der Waals surface area contributed by atoms with E-state index in [9.17, 15) is 9.18 Å². The van der Waals surface area contributed by atoms with Crippen LogP contribution in [0.4, 0.5) is 10.1 Å². The molecule has 0 bridgehead atoms. The average Bonchev–Trinajstić information content (AvgIpc) is 2.44. The Bertz CT molecular complexity index is 601. The van der Waals surface area contributed by atoms with Crippen LogP contribution in [0.2, 0.25) is 5.02 Å². The molecule has 20 heavy (non-hydrogen) atoms. The summed E-state index contributed by atoms with van der Waals surface area (Å²) < 4.78 is 18.2. The van der Waals surface area contributed by atoms with Gasteiger partial charge in [-0.3, -0.25) is 4.79 Å². The highest BCUT2D eigenvalue weighted by atomic mass is 35.5. The number of nitrogens with one attached hydrogen (secondary N) is 1. The summed E-state index contributed by atoms with van der Waals surface area (Å²) in [4.78, 5) is 11.9. The predicted octanol–water partition coefficient (Wildman–Crippen LogP) is 3.89. The molecule has 0 heterocycles. The molecule has 1 amide bonds. The van der Waals surface area contributed by atoms with Crippen LogP contribution < -0.4 is 10.1 Å². The molecule has 104 valence electrons. The molecule has 0 aromatic heterocycles. The van der Waals surface area contributed by atoms with Crippen LogP contribution >= 0.6 is 11.6 Å². The van der Waals surface area contributed by atoms with Gasteiger partial charge in [-0.15, -0.1) is 0 Å². The normalized spacial score (nSPS) is 11.8. The molecule has 1 N–H and O–H groups in total. The molecule has 0 saturated carbocycles. The number of para-hydroxylation sites is 1. The van der Waals surface area contributed by atoms with Crippen molar-refractivity contribution >= 4 is 23.2 Å². The zero-order valence-electron chi connectivity index (χ0n) is 10.8. The molecule has 0 aliphatic carbocycles. The summed E-state index contributed by atoms with van der Waals surface area (Å²) in [5.74, 6) is -0.254. The predicted molar refractivity (Wildman–Crippen MR) is 76.6 cm³/mol. The molecule has 0 fully saturated rings. The third-order valence-corrected chi connectivity index (χ3v) is 2.93. The van der Waals surface area contributed by atoms with Crippen molar-refractivity contribution in [1.82, 2.24) is 0 Å². The summed E-state index contributed by atoms with van der Waals surface area (Å²) in [7, 11) is 0. The highest BCUT2D eigenvalue weighted by molar-refractivity contribution is 6.32. The minimum absolute atomic E-state index is 0.337. The summed E-state index contributed by atoms with van der Waals surface area (Å²) >= 11 is 5.95. The van der Waals surface area contributed by atoms with Crippen LogP contribution in [0.1, 0.15) is 6.92 Å². The molecule has 0 saturated heterocycles. The Morgan fingerprint density at radius 2 is 1.85 bits per heavy atom. The molecular weight excluding hydrogens is 281 g/mol. The number of carbonyl (C=O) groups excluding carboxylic acids is 1. The number of benzene rings is 2. The Hall–Kier alpha value is -2.07. The number of halogens is 2. The number of hydrogen-bond donors (Lipinski definition) is 1. The molecule has 2 rings (SSSR count). The van der Waals surface area contributed by atoms with Crippen molar-refractivity contribution in [1.29, 1.82) is 0 Å². The molecule has 0 aliphatic heterocycles. The Morgan fingerprint density at radius 3 is 2.50 bits per heavy atom. The molecule has 2 aromatic carbocycles. The van der Waals surface area contributed by atoms with Gasteiger partial charge in [-0.2, -0.15) is 0 Å². The van der Waals surface area contributed by atoms with Crippen LogP contribution in [0.25, 0.3) is 0 Å². The molecule has 0 radical (unpaired) electrons. The lowest BCUT2D eigenvalue weighted by Crippen LogP contribution is -2.30. The number of carbonyl (C=O) groups is 1. The fraction of sp³-hybridized carbons (Fsp3) is 0.133. The first kappa shape index (κ1) is 14.3. The van der Waals surface area contributed by atoms with Gasteiger partial charge in [0.05, 0.1) is 5.02 Å². The number of ether oxygens (including phenoxy) is 1. The van der Waals surface area contributed by atoms with E-state index in [-0.39, 0.29) is 11.7 Å². The van der Waals surface area contributed by atoms with E-state index in [1.54, 1.807) is 31.2 Å². The minimum atomic E-state index is -0.722. The molecule has 3 nitrogen and oxygen atoms in total. The van der Waals surface area contributed by atoms with Crippen LogP contribution in [0.3, 0.4) is 0 Å². The third-order valence-electron chi connectivity index (χ3n) is 2.62. The van der Waals surface area contributed by atoms with Crippen molar-refractivity contribution in [3.63, 3.8) is 0 Å². The van der Waals surface area contributed by atoms with E-state index < -0.39 is 6.10 Å². The van der Waals surface area contributed by atoms with Crippen molar-refractivity contribution < 1.29 is 13.9 Å². The van der Waals surface area contributed by atoms with Crippen LogP contribution in [0.15, 0.2) is 48.5 Å². The molecule has 0 spiro atoms. The summed E-state index contributed by atoms with van der Waals surface area (Å²) in [6, 6.07) is 12.4. The van der Waals surface area contributed by atoms with Gasteiger partial charge in [0.2, 0.25) is 0 Å². The second-order valence-corrected chi connectivity index (χ2v) is 4.59. The van der Waals surface area contributed by atoms with E-state index in [0.29, 0.717) is 16.5 Å². The van der Waals surface area contributed by atoms with Crippen molar-refractivity contribution in [3.05, 3.63) is 59.4 Å². The van der Waals surface area contributed by atoms with Gasteiger partial charge in [-0.1, -0.05) is 23.7 Å². The van der Waals surface area contributed by atoms with Crippen molar-refractivity contribution in [2.75, 3.05) is 5.32 Å². The molecule has 0 aliphatic rings. The highest BCUT2D eigenvalue weighted by Gasteiger charge is 2.16. The lowest BCUT2D eigenvalue weighted by molar-refractivity contribution is -0.122. The van der Waals surface area contributed by atoms with Gasteiger partial charge in [0.25, 0.3) is 5.91 Å². The van der Waals surface area contributed by atoms with Gasteiger partial charge in [-0.25, -0.2) is 4.39 Å². The average molecular weight is 294 g/mol. The van der Waals surface area contributed by atoms with Gasteiger partial charge < -0.3 is 10.1 Å². The maximum atomic E-state index is 12.8. The smallest absolute Gasteiger partial charge is 0.265 e. The first-order chi connectivity index (χ1) is 9.56. The van der Waals surface area contributed by atoms with Crippen molar-refractivity contribution in [3.8, 4) is 5.75 Å². The molecule has 1 unspecified atom stereocenters. The third kappa shape index (κ3) is 3.71. The first-order valence-corrected chi connectivity index (χ1v) is 6.41. The number of anilines is 1. The monoisotopic (exact) mass is 293 g/mol.